The zero-order chi connectivity index (χ0) is 34.6. The van der Waals surface area contributed by atoms with Gasteiger partial charge in [0.2, 0.25) is 0 Å². The molecule has 53 heavy (non-hydrogen) atoms. The molecule has 0 amide bonds. The third kappa shape index (κ3) is 4.07. The van der Waals surface area contributed by atoms with Gasteiger partial charge in [0.1, 0.15) is 0 Å². The van der Waals surface area contributed by atoms with E-state index >= 15 is 0 Å². The van der Waals surface area contributed by atoms with Crippen LogP contribution in [0.1, 0.15) is 0 Å². The number of rotatable bonds is 3. The normalized spacial score (nSPS) is 12.2. The highest BCUT2D eigenvalue weighted by Gasteiger charge is 2.21. The van der Waals surface area contributed by atoms with Crippen LogP contribution in [0.4, 0.5) is 0 Å². The summed E-state index contributed by atoms with van der Waals surface area (Å²) in [4.78, 5) is 5.26. The van der Waals surface area contributed by atoms with Gasteiger partial charge in [-0.3, -0.25) is 0 Å². The Bertz CT molecular complexity index is 3460. The van der Waals surface area contributed by atoms with Crippen molar-refractivity contribution in [1.29, 1.82) is 0 Å². The van der Waals surface area contributed by atoms with E-state index in [4.69, 9.17) is 4.98 Å². The molecule has 0 bridgehead atoms. The van der Waals surface area contributed by atoms with E-state index in [9.17, 15) is 0 Å². The molecule has 3 nitrogen and oxygen atoms in total. The van der Waals surface area contributed by atoms with Gasteiger partial charge in [0, 0.05) is 42.7 Å². The summed E-state index contributed by atoms with van der Waals surface area (Å²) in [6.45, 7) is 0. The Hall–Kier alpha value is -6.75. The van der Waals surface area contributed by atoms with Crippen molar-refractivity contribution in [1.82, 2.24) is 14.1 Å². The van der Waals surface area contributed by atoms with E-state index in [-0.39, 0.29) is 0 Å². The zero-order valence-electron chi connectivity index (χ0n) is 28.5. The predicted octanol–water partition coefficient (Wildman–Crippen LogP) is 13.6. The molecule has 0 saturated heterocycles. The fourth-order valence-electron chi connectivity index (χ4n) is 8.76. The lowest BCUT2D eigenvalue weighted by Gasteiger charge is -2.13. The number of benzene rings is 8. The standard InChI is InChI=1S/C49H29N3S/c1-2-13-33(14-3-1)51-42-26-24-31(28-39(42)46-34-15-5-4-12-30(34)23-27-43(46)51)32-22-25-36-35-16-7-10-20-41(35)52(44(36)29-32)48-37-17-6-9-19-40(37)50-47-38-18-8-11-21-45(38)53-49(47)48/h1-29H. The molecule has 4 heteroatoms. The van der Waals surface area contributed by atoms with Crippen molar-refractivity contribution in [3.63, 3.8) is 0 Å². The molecular formula is C49H29N3S. The fourth-order valence-corrected chi connectivity index (χ4v) is 9.95. The molecule has 0 unspecified atom stereocenters. The summed E-state index contributed by atoms with van der Waals surface area (Å²) in [6, 6.07) is 64.2. The first-order valence-corrected chi connectivity index (χ1v) is 18.9. The van der Waals surface area contributed by atoms with Crippen LogP contribution in [0.3, 0.4) is 0 Å². The number of hydrogen-bond donors (Lipinski definition) is 0. The van der Waals surface area contributed by atoms with Crippen LogP contribution < -0.4 is 0 Å². The van der Waals surface area contributed by atoms with E-state index in [1.165, 1.54) is 91.7 Å². The Morgan fingerprint density at radius 1 is 0.415 bits per heavy atom. The molecule has 0 aliphatic heterocycles. The molecule has 12 aromatic rings. The average molecular weight is 692 g/mol. The highest BCUT2D eigenvalue weighted by molar-refractivity contribution is 7.26. The summed E-state index contributed by atoms with van der Waals surface area (Å²) in [6.07, 6.45) is 0. The van der Waals surface area contributed by atoms with Crippen LogP contribution in [-0.4, -0.2) is 14.1 Å². The second-order valence-corrected chi connectivity index (χ2v) is 15.0. The maximum atomic E-state index is 5.26. The van der Waals surface area contributed by atoms with Crippen LogP contribution in [0.25, 0.3) is 108 Å². The van der Waals surface area contributed by atoms with Gasteiger partial charge in [0.15, 0.2) is 0 Å². The summed E-state index contributed by atoms with van der Waals surface area (Å²) in [7, 11) is 0. The lowest BCUT2D eigenvalue weighted by molar-refractivity contribution is 1.18. The van der Waals surface area contributed by atoms with Gasteiger partial charge in [0.25, 0.3) is 0 Å². The van der Waals surface area contributed by atoms with Crippen LogP contribution >= 0.6 is 11.3 Å². The maximum absolute atomic E-state index is 5.26. The zero-order valence-corrected chi connectivity index (χ0v) is 29.3. The largest absolute Gasteiger partial charge is 0.309 e. The van der Waals surface area contributed by atoms with Crippen molar-refractivity contribution >= 4 is 96.9 Å². The number of nitrogens with zero attached hydrogens (tertiary/aromatic N) is 3. The second kappa shape index (κ2) is 10.9. The van der Waals surface area contributed by atoms with Crippen molar-refractivity contribution < 1.29 is 0 Å². The summed E-state index contributed by atoms with van der Waals surface area (Å²) >= 11 is 1.84. The molecule has 0 aliphatic carbocycles. The third-order valence-electron chi connectivity index (χ3n) is 11.1. The molecule has 0 radical (unpaired) electrons. The van der Waals surface area contributed by atoms with Crippen LogP contribution in [-0.2, 0) is 0 Å². The summed E-state index contributed by atoms with van der Waals surface area (Å²) < 4.78 is 7.37. The van der Waals surface area contributed by atoms with Gasteiger partial charge in [-0.1, -0.05) is 121 Å². The van der Waals surface area contributed by atoms with Gasteiger partial charge in [-0.2, -0.15) is 0 Å². The average Bonchev–Trinajstić information content (AvgIpc) is 3.87. The lowest BCUT2D eigenvalue weighted by atomic mass is 9.99. The Labute approximate surface area is 308 Å². The van der Waals surface area contributed by atoms with Gasteiger partial charge in [-0.15, -0.1) is 11.3 Å². The SMILES string of the molecule is c1ccc(-n2c3ccc(-c4ccc5c6ccccc6n(-c6c7ccccc7nc7c6sc6ccccc67)c5c4)cc3c3c4ccccc4ccc32)cc1. The van der Waals surface area contributed by atoms with Crippen molar-refractivity contribution in [2.45, 2.75) is 0 Å². The minimum Gasteiger partial charge on any atom is -0.309 e. The van der Waals surface area contributed by atoms with Crippen LogP contribution in [0.2, 0.25) is 0 Å². The predicted molar refractivity (Wildman–Crippen MR) is 226 cm³/mol. The number of thiophene rings is 1. The summed E-state index contributed by atoms with van der Waals surface area (Å²) in [5, 5.41) is 9.91. The minimum atomic E-state index is 1.01. The van der Waals surface area contributed by atoms with Crippen molar-refractivity contribution in [3.8, 4) is 22.5 Å². The van der Waals surface area contributed by atoms with Crippen LogP contribution in [0.5, 0.6) is 0 Å². The summed E-state index contributed by atoms with van der Waals surface area (Å²) in [5.74, 6) is 0. The van der Waals surface area contributed by atoms with Crippen LogP contribution in [0.15, 0.2) is 176 Å². The minimum absolute atomic E-state index is 1.01. The quantitative estimate of drug-likeness (QED) is 0.181. The smallest absolute Gasteiger partial charge is 0.0917 e. The van der Waals surface area contributed by atoms with Crippen molar-refractivity contribution in [3.05, 3.63) is 176 Å². The molecule has 4 aromatic heterocycles. The van der Waals surface area contributed by atoms with Crippen molar-refractivity contribution in [2.75, 3.05) is 0 Å². The van der Waals surface area contributed by atoms with Gasteiger partial charge in [-0.25, -0.2) is 4.98 Å². The molecule has 0 fully saturated rings. The van der Waals surface area contributed by atoms with Crippen LogP contribution in [0, 0.1) is 0 Å². The lowest BCUT2D eigenvalue weighted by Crippen LogP contribution is -1.97. The molecule has 0 aliphatic rings. The van der Waals surface area contributed by atoms with E-state index in [0.29, 0.717) is 0 Å². The number of pyridine rings is 1. The molecule has 8 aromatic carbocycles. The highest BCUT2D eigenvalue weighted by atomic mass is 32.1. The molecule has 246 valence electrons. The fraction of sp³-hybridized carbons (Fsp3) is 0. The van der Waals surface area contributed by atoms with Gasteiger partial charge in [-0.05, 0) is 76.5 Å². The molecule has 0 N–H and O–H groups in total. The molecule has 4 heterocycles. The number of fused-ring (bicyclic) bond motifs is 12. The molecule has 12 rings (SSSR count). The first-order chi connectivity index (χ1) is 26.3. The Kier molecular flexibility index (Phi) is 5.93. The second-order valence-electron chi connectivity index (χ2n) is 13.9. The maximum Gasteiger partial charge on any atom is 0.0917 e. The summed E-state index contributed by atoms with van der Waals surface area (Å²) in [5.41, 5.74) is 11.6. The van der Waals surface area contributed by atoms with E-state index in [1.54, 1.807) is 0 Å². The van der Waals surface area contributed by atoms with E-state index in [0.717, 1.165) is 16.4 Å². The molecular weight excluding hydrogens is 663 g/mol. The van der Waals surface area contributed by atoms with E-state index in [1.807, 2.05) is 11.3 Å². The third-order valence-corrected chi connectivity index (χ3v) is 12.2. The van der Waals surface area contributed by atoms with E-state index in [2.05, 4.69) is 185 Å². The van der Waals surface area contributed by atoms with Gasteiger partial charge < -0.3 is 9.13 Å². The van der Waals surface area contributed by atoms with Gasteiger partial charge in [0.05, 0.1) is 43.5 Å². The number of hydrogen-bond acceptors (Lipinski definition) is 2. The number of aromatic nitrogens is 3. The Morgan fingerprint density at radius 2 is 1.08 bits per heavy atom. The topological polar surface area (TPSA) is 22.8 Å². The molecule has 0 spiro atoms. The Morgan fingerprint density at radius 3 is 1.98 bits per heavy atom. The molecule has 0 saturated carbocycles. The molecule has 0 atom stereocenters. The highest BCUT2D eigenvalue weighted by Crippen LogP contribution is 2.44. The Balaban J connectivity index is 1.17. The first-order valence-electron chi connectivity index (χ1n) is 18.1. The van der Waals surface area contributed by atoms with E-state index < -0.39 is 0 Å². The number of para-hydroxylation sites is 3. The monoisotopic (exact) mass is 691 g/mol. The first kappa shape index (κ1) is 28.9. The van der Waals surface area contributed by atoms with Gasteiger partial charge >= 0.3 is 0 Å². The van der Waals surface area contributed by atoms with Crippen molar-refractivity contribution in [2.24, 2.45) is 0 Å².